The third-order valence-electron chi connectivity index (χ3n) is 3.05. The van der Waals surface area contributed by atoms with Crippen LogP contribution in [0.2, 0.25) is 0 Å². The van der Waals surface area contributed by atoms with Gasteiger partial charge in [-0.25, -0.2) is 13.8 Å². The van der Waals surface area contributed by atoms with Crippen molar-refractivity contribution in [2.24, 2.45) is 0 Å². The molecule has 3 rings (SSSR count). The molecule has 4 nitrogen and oxygen atoms in total. The lowest BCUT2D eigenvalue weighted by atomic mass is 10.1. The molecule has 1 aromatic carbocycles. The Balaban J connectivity index is 2.61. The summed E-state index contributed by atoms with van der Waals surface area (Å²) in [5, 5.41) is 9.15. The number of fused-ring (bicyclic) bond motifs is 3. The number of nitrogen functional groups attached to an aromatic ring is 1. The molecule has 0 saturated heterocycles. The van der Waals surface area contributed by atoms with E-state index in [2.05, 4.69) is 4.98 Å². The van der Waals surface area contributed by atoms with Gasteiger partial charge in [-0.15, -0.1) is 0 Å². The second-order valence-electron chi connectivity index (χ2n) is 4.26. The number of nitrogens with zero attached hydrogens (tertiary/aromatic N) is 3. The summed E-state index contributed by atoms with van der Waals surface area (Å²) in [6.45, 7) is 1.73. The van der Waals surface area contributed by atoms with Crippen LogP contribution in [-0.2, 0) is 0 Å². The smallest absolute Gasteiger partial charge is 0.161 e. The zero-order chi connectivity index (χ0) is 13.7. The normalized spacial score (nSPS) is 11.1. The summed E-state index contributed by atoms with van der Waals surface area (Å²) >= 11 is 0. The molecule has 19 heavy (non-hydrogen) atoms. The molecule has 0 fully saturated rings. The van der Waals surface area contributed by atoms with E-state index in [9.17, 15) is 8.78 Å². The fourth-order valence-electron chi connectivity index (χ4n) is 2.17. The van der Waals surface area contributed by atoms with Gasteiger partial charge in [-0.05, 0) is 18.6 Å². The predicted octanol–water partition coefficient (Wildman–Crippen LogP) is 2.53. The maximum absolute atomic E-state index is 13.3. The van der Waals surface area contributed by atoms with E-state index >= 15 is 0 Å². The van der Waals surface area contributed by atoms with Gasteiger partial charge in [0.1, 0.15) is 11.9 Å². The molecule has 2 N–H and O–H groups in total. The van der Waals surface area contributed by atoms with Crippen molar-refractivity contribution in [2.75, 3.05) is 5.73 Å². The summed E-state index contributed by atoms with van der Waals surface area (Å²) in [6, 6.07) is 5.65. The molecule has 0 radical (unpaired) electrons. The van der Waals surface area contributed by atoms with Crippen LogP contribution in [0.1, 0.15) is 11.1 Å². The number of imidazole rings is 1. The van der Waals surface area contributed by atoms with Crippen LogP contribution in [0, 0.1) is 29.9 Å². The highest BCUT2D eigenvalue weighted by Gasteiger charge is 2.15. The van der Waals surface area contributed by atoms with Gasteiger partial charge < -0.3 is 5.73 Å². The number of aryl methyl sites for hydroxylation is 1. The molecule has 2 aromatic heterocycles. The summed E-state index contributed by atoms with van der Waals surface area (Å²) < 4.78 is 28.0. The lowest BCUT2D eigenvalue weighted by Crippen LogP contribution is -2.00. The number of anilines is 1. The van der Waals surface area contributed by atoms with Gasteiger partial charge in [0.15, 0.2) is 17.3 Å². The Morgan fingerprint density at radius 1 is 1.26 bits per heavy atom. The van der Waals surface area contributed by atoms with E-state index < -0.39 is 11.6 Å². The first kappa shape index (κ1) is 11.4. The number of halogens is 2. The van der Waals surface area contributed by atoms with Gasteiger partial charge in [0.25, 0.3) is 0 Å². The van der Waals surface area contributed by atoms with Crippen molar-refractivity contribution in [1.29, 1.82) is 5.26 Å². The Labute approximate surface area is 106 Å². The Kier molecular flexibility index (Phi) is 2.20. The van der Waals surface area contributed by atoms with E-state index in [1.807, 2.05) is 6.07 Å². The SMILES string of the molecule is Cc1cc(N)n2c(nc3cc(F)c(F)cc32)c1C#N. The first-order valence-electron chi connectivity index (χ1n) is 5.49. The van der Waals surface area contributed by atoms with Crippen LogP contribution in [0.15, 0.2) is 18.2 Å². The number of pyridine rings is 1. The van der Waals surface area contributed by atoms with E-state index in [4.69, 9.17) is 11.0 Å². The number of nitriles is 1. The molecule has 94 valence electrons. The van der Waals surface area contributed by atoms with Crippen molar-refractivity contribution >= 4 is 22.5 Å². The maximum atomic E-state index is 13.3. The van der Waals surface area contributed by atoms with Crippen molar-refractivity contribution in [3.8, 4) is 6.07 Å². The minimum absolute atomic E-state index is 0.257. The molecule has 0 saturated carbocycles. The number of benzene rings is 1. The van der Waals surface area contributed by atoms with Crippen LogP contribution in [0.25, 0.3) is 16.7 Å². The Hall–Kier alpha value is -2.68. The van der Waals surface area contributed by atoms with Gasteiger partial charge in [-0.2, -0.15) is 5.26 Å². The first-order valence-corrected chi connectivity index (χ1v) is 5.49. The van der Waals surface area contributed by atoms with Crippen molar-refractivity contribution in [3.63, 3.8) is 0 Å². The lowest BCUT2D eigenvalue weighted by molar-refractivity contribution is 0.510. The summed E-state index contributed by atoms with van der Waals surface area (Å²) in [5.74, 6) is -1.64. The third-order valence-corrected chi connectivity index (χ3v) is 3.05. The molecule has 0 aliphatic carbocycles. The molecule has 6 heteroatoms. The van der Waals surface area contributed by atoms with Crippen molar-refractivity contribution in [3.05, 3.63) is 41.0 Å². The molecule has 0 unspecified atom stereocenters. The number of hydrogen-bond acceptors (Lipinski definition) is 3. The lowest BCUT2D eigenvalue weighted by Gasteiger charge is -2.05. The highest BCUT2D eigenvalue weighted by Crippen LogP contribution is 2.26. The van der Waals surface area contributed by atoms with Crippen LogP contribution in [0.3, 0.4) is 0 Å². The molecular weight excluding hydrogens is 250 g/mol. The standard InChI is InChI=1S/C13H8F2N4/c1-6-2-12(17)19-11-4-9(15)8(14)3-10(11)18-13(19)7(6)5-16/h2-4H,17H2,1H3. The van der Waals surface area contributed by atoms with Crippen molar-refractivity contribution in [1.82, 2.24) is 9.38 Å². The summed E-state index contributed by atoms with van der Waals surface area (Å²) in [5.41, 5.74) is 7.78. The largest absolute Gasteiger partial charge is 0.385 e. The van der Waals surface area contributed by atoms with Gasteiger partial charge in [-0.1, -0.05) is 0 Å². The molecule has 0 bridgehead atoms. The number of hydrogen-bond donors (Lipinski definition) is 1. The number of aromatic nitrogens is 2. The molecule has 2 heterocycles. The first-order chi connectivity index (χ1) is 9.02. The maximum Gasteiger partial charge on any atom is 0.161 e. The van der Waals surface area contributed by atoms with Gasteiger partial charge in [0.05, 0.1) is 16.6 Å². The van der Waals surface area contributed by atoms with Crippen LogP contribution >= 0.6 is 0 Å². The molecular formula is C13H8F2N4. The minimum Gasteiger partial charge on any atom is -0.385 e. The quantitative estimate of drug-likeness (QED) is 0.673. The molecule has 3 aromatic rings. The van der Waals surface area contributed by atoms with Gasteiger partial charge in [-0.3, -0.25) is 4.40 Å². The molecule has 0 atom stereocenters. The molecule has 0 amide bonds. The van der Waals surface area contributed by atoms with Gasteiger partial charge in [0, 0.05) is 12.1 Å². The highest BCUT2D eigenvalue weighted by atomic mass is 19.2. The summed E-state index contributed by atoms with van der Waals surface area (Å²) in [7, 11) is 0. The number of nitrogens with two attached hydrogens (primary N) is 1. The van der Waals surface area contributed by atoms with E-state index in [0.29, 0.717) is 28.1 Å². The Morgan fingerprint density at radius 2 is 1.95 bits per heavy atom. The van der Waals surface area contributed by atoms with Crippen LogP contribution in [-0.4, -0.2) is 9.38 Å². The topological polar surface area (TPSA) is 67.1 Å². The Bertz CT molecular complexity index is 874. The average Bonchev–Trinajstić information content (AvgIpc) is 2.68. The Morgan fingerprint density at radius 3 is 2.63 bits per heavy atom. The molecule has 0 spiro atoms. The minimum atomic E-state index is -0.982. The number of rotatable bonds is 0. The van der Waals surface area contributed by atoms with Crippen molar-refractivity contribution in [2.45, 2.75) is 6.92 Å². The monoisotopic (exact) mass is 258 g/mol. The zero-order valence-corrected chi connectivity index (χ0v) is 9.91. The van der Waals surface area contributed by atoms with Crippen molar-refractivity contribution < 1.29 is 8.78 Å². The fraction of sp³-hybridized carbons (Fsp3) is 0.0769. The predicted molar refractivity (Wildman–Crippen MR) is 66.5 cm³/mol. The molecule has 0 aliphatic heterocycles. The zero-order valence-electron chi connectivity index (χ0n) is 9.91. The van der Waals surface area contributed by atoms with Crippen LogP contribution in [0.5, 0.6) is 0 Å². The molecule has 0 aliphatic rings. The third kappa shape index (κ3) is 1.45. The van der Waals surface area contributed by atoms with E-state index in [-0.39, 0.29) is 5.52 Å². The van der Waals surface area contributed by atoms with E-state index in [1.165, 1.54) is 4.40 Å². The highest BCUT2D eigenvalue weighted by molar-refractivity contribution is 5.85. The van der Waals surface area contributed by atoms with E-state index in [1.54, 1.807) is 13.0 Å². The average molecular weight is 258 g/mol. The second kappa shape index (κ2) is 3.65. The van der Waals surface area contributed by atoms with Gasteiger partial charge in [0.2, 0.25) is 0 Å². The summed E-state index contributed by atoms with van der Waals surface area (Å²) in [6.07, 6.45) is 0. The fourth-order valence-corrected chi connectivity index (χ4v) is 2.17. The second-order valence-corrected chi connectivity index (χ2v) is 4.26. The van der Waals surface area contributed by atoms with Gasteiger partial charge >= 0.3 is 0 Å². The van der Waals surface area contributed by atoms with Crippen LogP contribution in [0.4, 0.5) is 14.6 Å². The summed E-state index contributed by atoms with van der Waals surface area (Å²) in [4.78, 5) is 4.16. The van der Waals surface area contributed by atoms with Crippen LogP contribution < -0.4 is 5.73 Å². The van der Waals surface area contributed by atoms with E-state index in [0.717, 1.165) is 12.1 Å².